The van der Waals surface area contributed by atoms with Crippen LogP contribution in [-0.4, -0.2) is 130 Å². The fourth-order valence-electron chi connectivity index (χ4n) is 5.80. The highest BCUT2D eigenvalue weighted by molar-refractivity contribution is 5.76. The van der Waals surface area contributed by atoms with Crippen LogP contribution >= 0.6 is 0 Å². The quantitative estimate of drug-likeness (QED) is 0.126. The second kappa shape index (κ2) is 12.1. The minimum atomic E-state index is -1.81. The molecule has 0 aromatic heterocycles. The van der Waals surface area contributed by atoms with E-state index >= 15 is 0 Å². The number of phenols is 3. The zero-order chi connectivity index (χ0) is 33.2. The molecule has 250 valence electrons. The largest absolute Gasteiger partial charge is 0.555 e. The SMILES string of the molecule is CC1=CC2=C3C(=CC(O)=CC3O1)OC(c1cc(O)c(O)c(O)c1)=C2[OH+]C1OC(COC2OC(C)C(O)C(O)C2O)C(O)C(O)C1O. The number of allylic oxidation sites excluding steroid dienone is 3. The summed E-state index contributed by atoms with van der Waals surface area (Å²) in [6.07, 6.45) is -11.7. The maximum Gasteiger partial charge on any atom is 0.326 e. The number of aromatic hydroxyl groups is 3. The van der Waals surface area contributed by atoms with Crippen LogP contribution in [-0.2, 0) is 23.7 Å². The Balaban J connectivity index is 1.35. The average Bonchev–Trinajstić information content (AvgIpc) is 3.00. The first-order valence-electron chi connectivity index (χ1n) is 14.4. The summed E-state index contributed by atoms with van der Waals surface area (Å²) >= 11 is 0. The van der Waals surface area contributed by atoms with E-state index in [1.165, 1.54) is 19.1 Å². The molecule has 16 nitrogen and oxygen atoms in total. The Labute approximate surface area is 260 Å². The normalized spacial score (nSPS) is 37.4. The lowest BCUT2D eigenvalue weighted by Crippen LogP contribution is -2.61. The summed E-state index contributed by atoms with van der Waals surface area (Å²) in [6.45, 7) is 2.59. The molecule has 4 heterocycles. The summed E-state index contributed by atoms with van der Waals surface area (Å²) in [5.41, 5.74) is 0.829. The molecule has 11 N–H and O–H groups in total. The van der Waals surface area contributed by atoms with Crippen molar-refractivity contribution >= 4 is 5.76 Å². The summed E-state index contributed by atoms with van der Waals surface area (Å²) < 4.78 is 33.4. The van der Waals surface area contributed by atoms with E-state index in [9.17, 15) is 51.1 Å². The fourth-order valence-corrected chi connectivity index (χ4v) is 5.80. The van der Waals surface area contributed by atoms with Gasteiger partial charge in [-0.1, -0.05) is 0 Å². The number of aliphatic hydroxyl groups excluding tert-OH is 7. The molecule has 11 unspecified atom stereocenters. The molecule has 1 aromatic rings. The standard InChI is InChI=1S/C30H34O16/c1-9-3-13-19-16(42-9)6-12(31)7-17(19)44-27(11-4-14(32)21(35)15(33)5-11)28(13)46-30-26(40)24(38)22(36)18(45-30)8-41-29-25(39)23(37)20(34)10(2)43-29/h3-7,10,16,18,20,22-26,29-40H,8H2,1-2H3/p+1. The third-order valence-corrected chi connectivity index (χ3v) is 8.29. The van der Waals surface area contributed by atoms with Crippen molar-refractivity contribution in [1.82, 2.24) is 0 Å². The molecule has 0 spiro atoms. The Morgan fingerprint density at radius 1 is 0.826 bits per heavy atom. The van der Waals surface area contributed by atoms with Crippen molar-refractivity contribution in [1.29, 1.82) is 0 Å². The Morgan fingerprint density at radius 2 is 1.50 bits per heavy atom. The van der Waals surface area contributed by atoms with Crippen molar-refractivity contribution in [2.75, 3.05) is 6.61 Å². The number of hydrogen-bond acceptors (Lipinski definition) is 15. The lowest BCUT2D eigenvalue weighted by atomic mass is 9.89. The zero-order valence-corrected chi connectivity index (χ0v) is 24.4. The highest BCUT2D eigenvalue weighted by atomic mass is 16.7. The smallest absolute Gasteiger partial charge is 0.326 e. The first kappa shape index (κ1) is 32.1. The predicted molar refractivity (Wildman–Crippen MR) is 151 cm³/mol. The molecule has 6 rings (SSSR count). The van der Waals surface area contributed by atoms with Crippen LogP contribution in [0.15, 0.2) is 64.5 Å². The van der Waals surface area contributed by atoms with E-state index in [1.807, 2.05) is 0 Å². The molecule has 0 amide bonds. The monoisotopic (exact) mass is 651 g/mol. The maximum absolute atomic E-state index is 11.0. The second-order valence-electron chi connectivity index (χ2n) is 11.5. The molecule has 0 saturated carbocycles. The Bertz CT molecular complexity index is 1520. The van der Waals surface area contributed by atoms with Crippen LogP contribution in [0.3, 0.4) is 0 Å². The Hall–Kier alpha value is -3.84. The van der Waals surface area contributed by atoms with Crippen LogP contribution in [0.4, 0.5) is 0 Å². The van der Waals surface area contributed by atoms with Crippen molar-refractivity contribution in [3.63, 3.8) is 0 Å². The van der Waals surface area contributed by atoms with Crippen LogP contribution in [0.25, 0.3) is 5.76 Å². The summed E-state index contributed by atoms with van der Waals surface area (Å²) in [6, 6.07) is 2.18. The van der Waals surface area contributed by atoms with E-state index in [0.717, 1.165) is 12.1 Å². The van der Waals surface area contributed by atoms with E-state index in [0.29, 0.717) is 16.9 Å². The minimum absolute atomic E-state index is 0.0108. The van der Waals surface area contributed by atoms with Crippen LogP contribution in [0.2, 0.25) is 0 Å². The van der Waals surface area contributed by atoms with Crippen LogP contribution in [0.1, 0.15) is 19.4 Å². The van der Waals surface area contributed by atoms with Gasteiger partial charge in [-0.2, -0.15) is 0 Å². The highest BCUT2D eigenvalue weighted by Gasteiger charge is 2.51. The molecule has 5 aliphatic rings. The van der Waals surface area contributed by atoms with Gasteiger partial charge in [-0.3, -0.25) is 4.74 Å². The van der Waals surface area contributed by atoms with E-state index < -0.39 is 91.4 Å². The summed E-state index contributed by atoms with van der Waals surface area (Å²) in [5, 5.41) is 104. The molecular formula is C30H35O16+. The fraction of sp³-hybridized carbons (Fsp3) is 0.467. The van der Waals surface area contributed by atoms with Crippen molar-refractivity contribution in [3.8, 4) is 17.2 Å². The Morgan fingerprint density at radius 3 is 2.20 bits per heavy atom. The number of rotatable bonds is 6. The first-order chi connectivity index (χ1) is 21.7. The van der Waals surface area contributed by atoms with Crippen molar-refractivity contribution in [3.05, 3.63) is 70.1 Å². The van der Waals surface area contributed by atoms with Crippen molar-refractivity contribution < 1.29 is 79.5 Å². The van der Waals surface area contributed by atoms with Gasteiger partial charge in [-0.15, -0.1) is 0 Å². The molecule has 16 heteroatoms. The van der Waals surface area contributed by atoms with E-state index in [-0.39, 0.29) is 28.6 Å². The van der Waals surface area contributed by atoms with Gasteiger partial charge in [-0.25, -0.2) is 0 Å². The summed E-state index contributed by atoms with van der Waals surface area (Å²) in [7, 11) is 0. The molecule has 1 aliphatic carbocycles. The van der Waals surface area contributed by atoms with Gasteiger partial charge in [0.15, 0.2) is 29.6 Å². The first-order valence-corrected chi connectivity index (χ1v) is 14.4. The third kappa shape index (κ3) is 5.57. The van der Waals surface area contributed by atoms with Gasteiger partial charge >= 0.3 is 12.0 Å². The van der Waals surface area contributed by atoms with Gasteiger partial charge in [-0.05, 0) is 32.1 Å². The number of benzene rings is 1. The predicted octanol–water partition coefficient (Wildman–Crippen LogP) is -1.38. The number of hydrogen-bond donors (Lipinski definition) is 10. The van der Waals surface area contributed by atoms with Crippen molar-refractivity contribution in [2.24, 2.45) is 0 Å². The van der Waals surface area contributed by atoms with Crippen LogP contribution < -0.4 is 0 Å². The molecule has 2 saturated heterocycles. The highest BCUT2D eigenvalue weighted by Crippen LogP contribution is 2.47. The van der Waals surface area contributed by atoms with Crippen LogP contribution in [0, 0.1) is 0 Å². The van der Waals surface area contributed by atoms with E-state index in [4.69, 9.17) is 23.7 Å². The van der Waals surface area contributed by atoms with Gasteiger partial charge in [0.2, 0.25) is 5.76 Å². The van der Waals surface area contributed by atoms with Gasteiger partial charge in [0, 0.05) is 17.7 Å². The molecule has 4 aliphatic heterocycles. The number of phenolic OH excluding ortho intramolecular Hbond substituents is 3. The van der Waals surface area contributed by atoms with E-state index in [1.54, 1.807) is 13.0 Å². The molecule has 2 fully saturated rings. The van der Waals surface area contributed by atoms with Crippen LogP contribution in [0.5, 0.6) is 17.2 Å². The molecule has 0 bridgehead atoms. The zero-order valence-electron chi connectivity index (χ0n) is 24.4. The third-order valence-electron chi connectivity index (χ3n) is 8.29. The van der Waals surface area contributed by atoms with Gasteiger partial charge in [0.05, 0.1) is 29.6 Å². The van der Waals surface area contributed by atoms with E-state index in [2.05, 4.69) is 4.74 Å². The molecule has 0 radical (unpaired) electrons. The molecular weight excluding hydrogens is 616 g/mol. The average molecular weight is 652 g/mol. The maximum atomic E-state index is 11.0. The number of aliphatic hydroxyl groups is 9. The lowest BCUT2D eigenvalue weighted by molar-refractivity contribution is -0.346. The molecule has 46 heavy (non-hydrogen) atoms. The number of ether oxygens (including phenoxy) is 6. The van der Waals surface area contributed by atoms with Gasteiger partial charge in [0.1, 0.15) is 54.2 Å². The van der Waals surface area contributed by atoms with Gasteiger partial charge < -0.3 is 74.7 Å². The topological polar surface area (TPSA) is 261 Å². The Kier molecular flexibility index (Phi) is 8.43. The van der Waals surface area contributed by atoms with Gasteiger partial charge in [0.25, 0.3) is 0 Å². The molecule has 1 aromatic carbocycles. The summed E-state index contributed by atoms with van der Waals surface area (Å²) in [5.74, 6) is -1.90. The lowest BCUT2D eigenvalue weighted by Gasteiger charge is -2.42. The van der Waals surface area contributed by atoms with Crippen molar-refractivity contribution in [2.45, 2.75) is 81.4 Å². The molecule has 11 atom stereocenters. The minimum Gasteiger partial charge on any atom is -0.555 e. The second-order valence-corrected chi connectivity index (χ2v) is 11.5. The summed E-state index contributed by atoms with van der Waals surface area (Å²) in [4.78, 5) is 0.